The lowest BCUT2D eigenvalue weighted by Gasteiger charge is -2.13. The summed E-state index contributed by atoms with van der Waals surface area (Å²) in [5, 5.41) is 11.9. The van der Waals surface area contributed by atoms with Crippen LogP contribution >= 0.6 is 0 Å². The molecule has 1 amide bonds. The number of H-pyrrole nitrogens is 1. The van der Waals surface area contributed by atoms with Gasteiger partial charge in [0.2, 0.25) is 5.91 Å². The number of nitrogens with one attached hydrogen (secondary N) is 2. The standard InChI is InChI=1S/C20H21N3O4/c1-11-14(13(3)22-19(25)16(11)10-21)8-9-18(24)23-17-7-5-6-15(12(17)2)20(26)27-4/h5-7H,8-9H2,1-4H3,(H,22,25)(H,23,24). The first-order valence-corrected chi connectivity index (χ1v) is 8.40. The lowest BCUT2D eigenvalue weighted by molar-refractivity contribution is -0.116. The van der Waals surface area contributed by atoms with E-state index in [1.54, 1.807) is 39.0 Å². The van der Waals surface area contributed by atoms with Gasteiger partial charge in [-0.05, 0) is 56.0 Å². The van der Waals surface area contributed by atoms with Gasteiger partial charge in [0, 0.05) is 17.8 Å². The lowest BCUT2D eigenvalue weighted by Crippen LogP contribution is -2.19. The Labute approximate surface area is 157 Å². The van der Waals surface area contributed by atoms with E-state index in [2.05, 4.69) is 10.3 Å². The summed E-state index contributed by atoms with van der Waals surface area (Å²) < 4.78 is 4.73. The summed E-state index contributed by atoms with van der Waals surface area (Å²) in [6, 6.07) is 6.92. The number of ether oxygens (including phenoxy) is 1. The summed E-state index contributed by atoms with van der Waals surface area (Å²) in [5.74, 6) is -0.698. The van der Waals surface area contributed by atoms with Gasteiger partial charge in [0.05, 0.1) is 12.7 Å². The van der Waals surface area contributed by atoms with Crippen LogP contribution in [0.1, 0.15) is 44.7 Å². The van der Waals surface area contributed by atoms with E-state index < -0.39 is 11.5 Å². The highest BCUT2D eigenvalue weighted by Gasteiger charge is 2.15. The number of carbonyl (C=O) groups is 2. The molecule has 0 saturated heterocycles. The van der Waals surface area contributed by atoms with Crippen LogP contribution in [0.25, 0.3) is 0 Å². The van der Waals surface area contributed by atoms with Crippen LogP contribution < -0.4 is 10.9 Å². The van der Waals surface area contributed by atoms with Gasteiger partial charge in [-0.3, -0.25) is 9.59 Å². The molecule has 1 heterocycles. The maximum Gasteiger partial charge on any atom is 0.338 e. The number of aryl methyl sites for hydroxylation is 1. The number of nitriles is 1. The second-order valence-corrected chi connectivity index (χ2v) is 6.19. The van der Waals surface area contributed by atoms with E-state index in [0.717, 1.165) is 5.56 Å². The fourth-order valence-corrected chi connectivity index (χ4v) is 2.97. The smallest absolute Gasteiger partial charge is 0.338 e. The second kappa shape index (κ2) is 8.32. The molecule has 0 saturated carbocycles. The first kappa shape index (κ1) is 19.9. The Morgan fingerprint density at radius 2 is 1.93 bits per heavy atom. The number of methoxy groups -OCH3 is 1. The number of carbonyl (C=O) groups excluding carboxylic acids is 2. The number of hydrogen-bond acceptors (Lipinski definition) is 5. The molecule has 2 aromatic rings. The van der Waals surface area contributed by atoms with E-state index >= 15 is 0 Å². The maximum atomic E-state index is 12.4. The summed E-state index contributed by atoms with van der Waals surface area (Å²) >= 11 is 0. The number of aromatic amines is 1. The third-order valence-electron chi connectivity index (χ3n) is 4.54. The molecule has 2 rings (SSSR count). The average molecular weight is 367 g/mol. The molecule has 0 aliphatic rings. The van der Waals surface area contributed by atoms with Crippen molar-refractivity contribution >= 4 is 17.6 Å². The molecule has 1 aromatic carbocycles. The fraction of sp³-hybridized carbons (Fsp3) is 0.300. The molecule has 7 heteroatoms. The Balaban J connectivity index is 2.16. The van der Waals surface area contributed by atoms with E-state index in [4.69, 9.17) is 10.00 Å². The second-order valence-electron chi connectivity index (χ2n) is 6.19. The summed E-state index contributed by atoms with van der Waals surface area (Å²) in [5.41, 5.74) is 3.22. The highest BCUT2D eigenvalue weighted by atomic mass is 16.5. The number of benzene rings is 1. The predicted octanol–water partition coefficient (Wildman–Crippen LogP) is 2.53. The number of anilines is 1. The van der Waals surface area contributed by atoms with Gasteiger partial charge in [-0.1, -0.05) is 6.07 Å². The Morgan fingerprint density at radius 1 is 1.22 bits per heavy atom. The van der Waals surface area contributed by atoms with Gasteiger partial charge in [0.1, 0.15) is 11.6 Å². The molecular formula is C20H21N3O4. The number of rotatable bonds is 5. The molecule has 0 bridgehead atoms. The Kier molecular flexibility index (Phi) is 6.14. The van der Waals surface area contributed by atoms with Gasteiger partial charge in [0.25, 0.3) is 5.56 Å². The molecule has 27 heavy (non-hydrogen) atoms. The Hall–Kier alpha value is -3.40. The maximum absolute atomic E-state index is 12.4. The van der Waals surface area contributed by atoms with Crippen molar-refractivity contribution in [3.63, 3.8) is 0 Å². The van der Waals surface area contributed by atoms with E-state index in [1.807, 2.05) is 6.07 Å². The van der Waals surface area contributed by atoms with Crippen molar-refractivity contribution in [2.75, 3.05) is 12.4 Å². The van der Waals surface area contributed by atoms with Crippen LogP contribution in [0.4, 0.5) is 5.69 Å². The van der Waals surface area contributed by atoms with Gasteiger partial charge in [-0.15, -0.1) is 0 Å². The number of nitrogens with zero attached hydrogens (tertiary/aromatic N) is 1. The number of esters is 1. The van der Waals surface area contributed by atoms with Crippen LogP contribution in [0, 0.1) is 32.1 Å². The van der Waals surface area contributed by atoms with Gasteiger partial charge in [-0.25, -0.2) is 4.79 Å². The zero-order chi connectivity index (χ0) is 20.1. The molecule has 2 N–H and O–H groups in total. The average Bonchev–Trinajstić information content (AvgIpc) is 2.62. The molecule has 1 aromatic heterocycles. The minimum absolute atomic E-state index is 0.0673. The quantitative estimate of drug-likeness (QED) is 0.789. The SMILES string of the molecule is COC(=O)c1cccc(NC(=O)CCc2c(C)[nH]c(=O)c(C#N)c2C)c1C. The van der Waals surface area contributed by atoms with Gasteiger partial charge in [0.15, 0.2) is 0 Å². The van der Waals surface area contributed by atoms with E-state index in [1.165, 1.54) is 7.11 Å². The molecule has 0 unspecified atom stereocenters. The zero-order valence-electron chi connectivity index (χ0n) is 15.7. The molecule has 0 fully saturated rings. The number of aromatic nitrogens is 1. The molecule has 0 atom stereocenters. The number of hydrogen-bond donors (Lipinski definition) is 2. The molecule has 140 valence electrons. The molecule has 0 aliphatic carbocycles. The van der Waals surface area contributed by atoms with Crippen molar-refractivity contribution in [1.29, 1.82) is 5.26 Å². The molecule has 0 radical (unpaired) electrons. The molecule has 0 aliphatic heterocycles. The van der Waals surface area contributed by atoms with Crippen LogP contribution in [-0.2, 0) is 16.0 Å². The van der Waals surface area contributed by atoms with Gasteiger partial charge in [-0.2, -0.15) is 5.26 Å². The monoisotopic (exact) mass is 367 g/mol. The first-order valence-electron chi connectivity index (χ1n) is 8.40. The zero-order valence-corrected chi connectivity index (χ0v) is 15.7. The predicted molar refractivity (Wildman–Crippen MR) is 101 cm³/mol. The summed E-state index contributed by atoms with van der Waals surface area (Å²) in [6.45, 7) is 5.18. The van der Waals surface area contributed by atoms with Crippen molar-refractivity contribution in [2.45, 2.75) is 33.6 Å². The topological polar surface area (TPSA) is 112 Å². The summed E-state index contributed by atoms with van der Waals surface area (Å²) in [4.78, 5) is 38.5. The summed E-state index contributed by atoms with van der Waals surface area (Å²) in [6.07, 6.45) is 0.547. The lowest BCUT2D eigenvalue weighted by atomic mass is 9.99. The van der Waals surface area contributed by atoms with Crippen molar-refractivity contribution in [1.82, 2.24) is 4.98 Å². The highest BCUT2D eigenvalue weighted by molar-refractivity contribution is 5.96. The molecule has 7 nitrogen and oxygen atoms in total. The minimum atomic E-state index is -0.466. The summed E-state index contributed by atoms with van der Waals surface area (Å²) in [7, 11) is 1.30. The van der Waals surface area contributed by atoms with Gasteiger partial charge < -0.3 is 15.0 Å². The third kappa shape index (κ3) is 4.23. The van der Waals surface area contributed by atoms with E-state index in [9.17, 15) is 14.4 Å². The molecular weight excluding hydrogens is 346 g/mol. The number of amides is 1. The van der Waals surface area contributed by atoms with Crippen LogP contribution in [0.5, 0.6) is 0 Å². The Morgan fingerprint density at radius 3 is 2.56 bits per heavy atom. The van der Waals surface area contributed by atoms with E-state index in [-0.39, 0.29) is 17.9 Å². The van der Waals surface area contributed by atoms with Crippen molar-refractivity contribution < 1.29 is 14.3 Å². The largest absolute Gasteiger partial charge is 0.465 e. The van der Waals surface area contributed by atoms with Crippen molar-refractivity contribution in [3.8, 4) is 6.07 Å². The highest BCUT2D eigenvalue weighted by Crippen LogP contribution is 2.21. The third-order valence-corrected chi connectivity index (χ3v) is 4.54. The normalized spacial score (nSPS) is 10.2. The fourth-order valence-electron chi connectivity index (χ4n) is 2.97. The van der Waals surface area contributed by atoms with E-state index in [0.29, 0.717) is 34.5 Å². The minimum Gasteiger partial charge on any atom is -0.465 e. The Bertz CT molecular complexity index is 1000. The van der Waals surface area contributed by atoms with Crippen LogP contribution in [0.2, 0.25) is 0 Å². The number of pyridine rings is 1. The van der Waals surface area contributed by atoms with Crippen LogP contribution in [-0.4, -0.2) is 24.0 Å². The van der Waals surface area contributed by atoms with Crippen molar-refractivity contribution in [3.05, 3.63) is 62.1 Å². The molecule has 0 spiro atoms. The van der Waals surface area contributed by atoms with Crippen LogP contribution in [0.15, 0.2) is 23.0 Å². The van der Waals surface area contributed by atoms with Crippen LogP contribution in [0.3, 0.4) is 0 Å². The first-order chi connectivity index (χ1) is 12.8. The van der Waals surface area contributed by atoms with Crippen molar-refractivity contribution in [2.24, 2.45) is 0 Å². The van der Waals surface area contributed by atoms with Gasteiger partial charge >= 0.3 is 5.97 Å².